The smallest absolute Gasteiger partial charge is 0.0315 e. The van der Waals surface area contributed by atoms with E-state index in [2.05, 4.69) is 37.1 Å². The van der Waals surface area contributed by atoms with Crippen LogP contribution in [0.2, 0.25) is 0 Å². The van der Waals surface area contributed by atoms with E-state index in [4.69, 9.17) is 0 Å². The molecule has 0 aliphatic heterocycles. The van der Waals surface area contributed by atoms with Crippen molar-refractivity contribution >= 4 is 11.8 Å². The lowest BCUT2D eigenvalue weighted by atomic mass is 10.1. The summed E-state index contributed by atoms with van der Waals surface area (Å²) in [4.78, 5) is 4.14. The van der Waals surface area contributed by atoms with E-state index in [1.165, 1.54) is 23.5 Å². The van der Waals surface area contributed by atoms with Gasteiger partial charge in [0.25, 0.3) is 0 Å². The molecule has 0 aliphatic carbocycles. The molecule has 16 heavy (non-hydrogen) atoms. The standard InChI is InChI=1S/C13H22N2S/c1-4-16-9-7-11(2)15-12(3)13-6-5-8-14-10-13/h5-6,8,10-12,15H,4,7,9H2,1-3H3. The summed E-state index contributed by atoms with van der Waals surface area (Å²) in [6.45, 7) is 6.66. The molecular formula is C13H22N2S. The van der Waals surface area contributed by atoms with Crippen LogP contribution in [0, 0.1) is 0 Å². The average molecular weight is 238 g/mol. The van der Waals surface area contributed by atoms with Crippen LogP contribution in [-0.4, -0.2) is 22.5 Å². The molecule has 1 N–H and O–H groups in total. The Balaban J connectivity index is 2.31. The Kier molecular flexibility index (Phi) is 6.50. The molecule has 0 fully saturated rings. The fraction of sp³-hybridized carbons (Fsp3) is 0.615. The van der Waals surface area contributed by atoms with Crippen molar-refractivity contribution in [3.8, 4) is 0 Å². The van der Waals surface area contributed by atoms with Gasteiger partial charge in [-0.3, -0.25) is 4.98 Å². The van der Waals surface area contributed by atoms with Gasteiger partial charge in [-0.1, -0.05) is 13.0 Å². The quantitative estimate of drug-likeness (QED) is 0.738. The van der Waals surface area contributed by atoms with Crippen LogP contribution >= 0.6 is 11.8 Å². The number of aromatic nitrogens is 1. The van der Waals surface area contributed by atoms with Gasteiger partial charge in [0.15, 0.2) is 0 Å². The first kappa shape index (κ1) is 13.5. The van der Waals surface area contributed by atoms with E-state index in [9.17, 15) is 0 Å². The number of nitrogens with zero attached hydrogens (tertiary/aromatic N) is 1. The molecule has 2 atom stereocenters. The largest absolute Gasteiger partial charge is 0.308 e. The third-order valence-corrected chi connectivity index (χ3v) is 3.55. The molecule has 1 heterocycles. The number of hydrogen-bond acceptors (Lipinski definition) is 3. The van der Waals surface area contributed by atoms with Gasteiger partial charge in [-0.25, -0.2) is 0 Å². The molecule has 0 spiro atoms. The molecule has 1 aromatic rings. The summed E-state index contributed by atoms with van der Waals surface area (Å²) in [7, 11) is 0. The molecule has 90 valence electrons. The van der Waals surface area contributed by atoms with Gasteiger partial charge in [-0.2, -0.15) is 11.8 Å². The van der Waals surface area contributed by atoms with Gasteiger partial charge >= 0.3 is 0 Å². The highest BCUT2D eigenvalue weighted by atomic mass is 32.2. The molecule has 0 aromatic carbocycles. The minimum Gasteiger partial charge on any atom is -0.308 e. The second-order valence-electron chi connectivity index (χ2n) is 4.06. The van der Waals surface area contributed by atoms with Crippen molar-refractivity contribution in [3.05, 3.63) is 30.1 Å². The minimum atomic E-state index is 0.385. The van der Waals surface area contributed by atoms with Crippen molar-refractivity contribution in [2.75, 3.05) is 11.5 Å². The van der Waals surface area contributed by atoms with Crippen LogP contribution in [-0.2, 0) is 0 Å². The van der Waals surface area contributed by atoms with Crippen LogP contribution in [0.25, 0.3) is 0 Å². The zero-order valence-electron chi connectivity index (χ0n) is 10.4. The average Bonchev–Trinajstić information content (AvgIpc) is 2.30. The van der Waals surface area contributed by atoms with E-state index in [-0.39, 0.29) is 0 Å². The first-order valence-electron chi connectivity index (χ1n) is 5.97. The molecular weight excluding hydrogens is 216 g/mol. The Morgan fingerprint density at radius 1 is 1.44 bits per heavy atom. The highest BCUT2D eigenvalue weighted by Gasteiger charge is 2.08. The maximum absolute atomic E-state index is 4.14. The molecule has 0 radical (unpaired) electrons. The molecule has 0 bridgehead atoms. The van der Waals surface area contributed by atoms with Gasteiger partial charge in [-0.15, -0.1) is 0 Å². The molecule has 2 nitrogen and oxygen atoms in total. The van der Waals surface area contributed by atoms with Crippen LogP contribution in [0.5, 0.6) is 0 Å². The minimum absolute atomic E-state index is 0.385. The van der Waals surface area contributed by atoms with E-state index in [0.29, 0.717) is 12.1 Å². The normalized spacial score (nSPS) is 14.7. The zero-order valence-corrected chi connectivity index (χ0v) is 11.3. The second kappa shape index (κ2) is 7.69. The molecule has 1 aromatic heterocycles. The van der Waals surface area contributed by atoms with Gasteiger partial charge in [0, 0.05) is 24.5 Å². The Morgan fingerprint density at radius 3 is 2.88 bits per heavy atom. The SMILES string of the molecule is CCSCCC(C)NC(C)c1cccnc1. The summed E-state index contributed by atoms with van der Waals surface area (Å²) in [6, 6.07) is 5.06. The molecule has 0 saturated carbocycles. The van der Waals surface area contributed by atoms with Crippen molar-refractivity contribution in [3.63, 3.8) is 0 Å². The lowest BCUT2D eigenvalue weighted by molar-refractivity contribution is 0.471. The summed E-state index contributed by atoms with van der Waals surface area (Å²) in [5, 5.41) is 3.60. The Morgan fingerprint density at radius 2 is 2.25 bits per heavy atom. The molecule has 3 heteroatoms. The fourth-order valence-electron chi connectivity index (χ4n) is 1.64. The molecule has 1 rings (SSSR count). The van der Waals surface area contributed by atoms with Gasteiger partial charge in [0.2, 0.25) is 0 Å². The van der Waals surface area contributed by atoms with Crippen molar-refractivity contribution in [2.45, 2.75) is 39.3 Å². The van der Waals surface area contributed by atoms with E-state index in [1.54, 1.807) is 0 Å². The Bertz CT molecular complexity index is 277. The predicted octanol–water partition coefficient (Wildman–Crippen LogP) is 3.26. The number of hydrogen-bond donors (Lipinski definition) is 1. The summed E-state index contributed by atoms with van der Waals surface area (Å²) < 4.78 is 0. The molecule has 0 aliphatic rings. The zero-order chi connectivity index (χ0) is 11.8. The number of thioether (sulfide) groups is 1. The second-order valence-corrected chi connectivity index (χ2v) is 5.46. The van der Waals surface area contributed by atoms with Crippen molar-refractivity contribution in [2.24, 2.45) is 0 Å². The fourth-order valence-corrected chi connectivity index (χ4v) is 2.45. The third kappa shape index (κ3) is 4.99. The predicted molar refractivity (Wildman–Crippen MR) is 72.9 cm³/mol. The van der Waals surface area contributed by atoms with Crippen molar-refractivity contribution < 1.29 is 0 Å². The molecule has 2 unspecified atom stereocenters. The summed E-state index contributed by atoms with van der Waals surface area (Å²) in [5.74, 6) is 2.45. The van der Waals surface area contributed by atoms with Gasteiger partial charge in [-0.05, 0) is 43.4 Å². The van der Waals surface area contributed by atoms with Gasteiger partial charge in [0.1, 0.15) is 0 Å². The molecule has 0 amide bonds. The lowest BCUT2D eigenvalue weighted by Gasteiger charge is -2.19. The highest BCUT2D eigenvalue weighted by molar-refractivity contribution is 7.99. The maximum Gasteiger partial charge on any atom is 0.0315 e. The van der Waals surface area contributed by atoms with Crippen LogP contribution in [0.1, 0.15) is 38.8 Å². The first-order valence-corrected chi connectivity index (χ1v) is 7.13. The topological polar surface area (TPSA) is 24.9 Å². The Labute approximate surface area is 103 Å². The van der Waals surface area contributed by atoms with E-state index in [1.807, 2.05) is 30.2 Å². The molecule has 0 saturated heterocycles. The third-order valence-electron chi connectivity index (χ3n) is 2.62. The van der Waals surface area contributed by atoms with Gasteiger partial charge < -0.3 is 5.32 Å². The lowest BCUT2D eigenvalue weighted by Crippen LogP contribution is -2.29. The van der Waals surface area contributed by atoms with Crippen LogP contribution in [0.15, 0.2) is 24.5 Å². The highest BCUT2D eigenvalue weighted by Crippen LogP contribution is 2.12. The maximum atomic E-state index is 4.14. The van der Waals surface area contributed by atoms with Crippen LogP contribution in [0.4, 0.5) is 0 Å². The number of nitrogens with one attached hydrogen (secondary N) is 1. The summed E-state index contributed by atoms with van der Waals surface area (Å²) >= 11 is 2.01. The first-order chi connectivity index (χ1) is 7.74. The van der Waals surface area contributed by atoms with E-state index >= 15 is 0 Å². The van der Waals surface area contributed by atoms with Crippen molar-refractivity contribution in [1.29, 1.82) is 0 Å². The van der Waals surface area contributed by atoms with Crippen LogP contribution in [0.3, 0.4) is 0 Å². The number of pyridine rings is 1. The Hall–Kier alpha value is -0.540. The van der Waals surface area contributed by atoms with E-state index in [0.717, 1.165) is 0 Å². The van der Waals surface area contributed by atoms with Gasteiger partial charge in [0.05, 0.1) is 0 Å². The van der Waals surface area contributed by atoms with Crippen molar-refractivity contribution in [1.82, 2.24) is 10.3 Å². The van der Waals surface area contributed by atoms with Crippen LogP contribution < -0.4 is 5.32 Å². The monoisotopic (exact) mass is 238 g/mol. The summed E-state index contributed by atoms with van der Waals surface area (Å²) in [6.07, 6.45) is 4.98. The number of rotatable bonds is 7. The van der Waals surface area contributed by atoms with E-state index < -0.39 is 0 Å². The summed E-state index contributed by atoms with van der Waals surface area (Å²) in [5.41, 5.74) is 1.26.